The summed E-state index contributed by atoms with van der Waals surface area (Å²) in [5.41, 5.74) is -0.159. The summed E-state index contributed by atoms with van der Waals surface area (Å²) in [6, 6.07) is 4.48. The van der Waals surface area contributed by atoms with Crippen molar-refractivity contribution in [3.8, 4) is 0 Å². The summed E-state index contributed by atoms with van der Waals surface area (Å²) in [7, 11) is -3.69. The summed E-state index contributed by atoms with van der Waals surface area (Å²) in [5.74, 6) is -0.986. The molecule has 0 aliphatic carbocycles. The van der Waals surface area contributed by atoms with Crippen molar-refractivity contribution in [2.45, 2.75) is 63.4 Å². The molecule has 2 atom stereocenters. The van der Waals surface area contributed by atoms with Crippen LogP contribution in [0, 0.1) is 5.92 Å². The Morgan fingerprint density at radius 2 is 1.94 bits per heavy atom. The standard InChI is InChI=1S/C24H32N4O6S/c1-3-34-23(30)18-8-6-11-26(15-18)22(29)16-27-21-10-9-20(13-19(21)14-25-24(27)31)35(32,33)28-12-5-4-7-17(28)2/h9-10,13-14,17-18H,3-8,11-12,15-16H2,1-2H3/t17-,18+/m0/s1. The van der Waals surface area contributed by atoms with Crippen molar-refractivity contribution < 1.29 is 22.7 Å². The van der Waals surface area contributed by atoms with Crippen LogP contribution >= 0.6 is 0 Å². The second kappa shape index (κ2) is 10.4. The minimum Gasteiger partial charge on any atom is -0.466 e. The van der Waals surface area contributed by atoms with Crippen LogP contribution in [0.2, 0.25) is 0 Å². The zero-order chi connectivity index (χ0) is 25.2. The topological polar surface area (TPSA) is 119 Å². The molecule has 0 radical (unpaired) electrons. The van der Waals surface area contributed by atoms with E-state index in [-0.39, 0.29) is 48.4 Å². The van der Waals surface area contributed by atoms with E-state index < -0.39 is 15.7 Å². The molecule has 1 aromatic carbocycles. The number of ether oxygens (including phenoxy) is 1. The summed E-state index contributed by atoms with van der Waals surface area (Å²) in [6.07, 6.45) is 5.33. The van der Waals surface area contributed by atoms with Crippen LogP contribution in [0.5, 0.6) is 0 Å². The van der Waals surface area contributed by atoms with Gasteiger partial charge in [0.05, 0.1) is 22.9 Å². The molecule has 1 amide bonds. The van der Waals surface area contributed by atoms with Gasteiger partial charge in [-0.3, -0.25) is 14.2 Å². The Bertz CT molecular complexity index is 1270. The predicted octanol–water partition coefficient (Wildman–Crippen LogP) is 1.76. The summed E-state index contributed by atoms with van der Waals surface area (Å²) < 4.78 is 34.4. The largest absolute Gasteiger partial charge is 0.466 e. The van der Waals surface area contributed by atoms with Gasteiger partial charge in [0.25, 0.3) is 0 Å². The molecule has 0 bridgehead atoms. The van der Waals surface area contributed by atoms with Gasteiger partial charge in [-0.1, -0.05) is 6.42 Å². The number of esters is 1. The van der Waals surface area contributed by atoms with E-state index in [1.54, 1.807) is 17.9 Å². The third-order valence-electron chi connectivity index (χ3n) is 6.87. The molecule has 0 N–H and O–H groups in total. The highest BCUT2D eigenvalue weighted by molar-refractivity contribution is 7.89. The molecule has 2 aliphatic rings. The second-order valence-electron chi connectivity index (χ2n) is 9.24. The first-order valence-corrected chi connectivity index (χ1v) is 13.6. The predicted molar refractivity (Wildman–Crippen MR) is 129 cm³/mol. The lowest BCUT2D eigenvalue weighted by molar-refractivity contribution is -0.151. The monoisotopic (exact) mass is 504 g/mol. The van der Waals surface area contributed by atoms with E-state index in [1.807, 2.05) is 6.92 Å². The van der Waals surface area contributed by atoms with Crippen LogP contribution in [-0.2, 0) is 30.9 Å². The maximum Gasteiger partial charge on any atom is 0.348 e. The number of carbonyl (C=O) groups is 2. The van der Waals surface area contributed by atoms with Crippen LogP contribution in [0.1, 0.15) is 46.0 Å². The van der Waals surface area contributed by atoms with Gasteiger partial charge in [-0.2, -0.15) is 4.31 Å². The first kappa shape index (κ1) is 25.3. The van der Waals surface area contributed by atoms with Crippen LogP contribution in [0.15, 0.2) is 34.1 Å². The number of rotatable bonds is 6. The normalized spacial score (nSPS) is 21.7. The van der Waals surface area contributed by atoms with Gasteiger partial charge in [-0.05, 0) is 57.7 Å². The Hall–Kier alpha value is -2.79. The fourth-order valence-electron chi connectivity index (χ4n) is 4.95. The summed E-state index contributed by atoms with van der Waals surface area (Å²) in [5, 5.41) is 0.464. The minimum absolute atomic E-state index is 0.0721. The van der Waals surface area contributed by atoms with E-state index in [4.69, 9.17) is 4.74 Å². The van der Waals surface area contributed by atoms with Gasteiger partial charge < -0.3 is 9.64 Å². The number of benzene rings is 1. The quantitative estimate of drug-likeness (QED) is 0.550. The number of amides is 1. The van der Waals surface area contributed by atoms with Crippen molar-refractivity contribution in [1.82, 2.24) is 18.8 Å². The first-order valence-electron chi connectivity index (χ1n) is 12.2. The van der Waals surface area contributed by atoms with Crippen molar-refractivity contribution in [3.05, 3.63) is 34.9 Å². The number of nitrogens with zero attached hydrogens (tertiary/aromatic N) is 4. The summed E-state index contributed by atoms with van der Waals surface area (Å²) in [6.45, 7) is 4.93. The van der Waals surface area contributed by atoms with Crippen LogP contribution in [0.4, 0.5) is 0 Å². The second-order valence-corrected chi connectivity index (χ2v) is 11.1. The molecule has 35 heavy (non-hydrogen) atoms. The molecule has 2 saturated heterocycles. The minimum atomic E-state index is -3.69. The Balaban J connectivity index is 1.58. The lowest BCUT2D eigenvalue weighted by atomic mass is 9.98. The zero-order valence-electron chi connectivity index (χ0n) is 20.2. The highest BCUT2D eigenvalue weighted by Crippen LogP contribution is 2.27. The number of hydrogen-bond donors (Lipinski definition) is 0. The fraction of sp³-hybridized carbons (Fsp3) is 0.583. The number of hydrogen-bond acceptors (Lipinski definition) is 7. The molecular formula is C24H32N4O6S. The molecule has 11 heteroatoms. The molecule has 1 aromatic heterocycles. The molecule has 2 aromatic rings. The number of likely N-dealkylation sites (tertiary alicyclic amines) is 1. The van der Waals surface area contributed by atoms with Crippen molar-refractivity contribution in [2.24, 2.45) is 5.92 Å². The van der Waals surface area contributed by atoms with E-state index >= 15 is 0 Å². The third-order valence-corrected chi connectivity index (χ3v) is 8.88. The number of aromatic nitrogens is 2. The van der Waals surface area contributed by atoms with E-state index in [2.05, 4.69) is 4.98 Å². The van der Waals surface area contributed by atoms with Crippen LogP contribution in [0.3, 0.4) is 0 Å². The molecule has 0 unspecified atom stereocenters. The molecular weight excluding hydrogens is 472 g/mol. The SMILES string of the molecule is CCOC(=O)[C@@H]1CCCN(C(=O)Cn2c(=O)ncc3cc(S(=O)(=O)N4CCCC[C@@H]4C)ccc32)C1. The average Bonchev–Trinajstić information content (AvgIpc) is 2.85. The van der Waals surface area contributed by atoms with Crippen molar-refractivity contribution in [1.29, 1.82) is 0 Å². The van der Waals surface area contributed by atoms with E-state index in [1.165, 1.54) is 27.2 Å². The Morgan fingerprint density at radius 1 is 1.14 bits per heavy atom. The number of sulfonamides is 1. The Labute approximate surface area is 204 Å². The number of carbonyl (C=O) groups excluding carboxylic acids is 2. The number of piperidine rings is 2. The van der Waals surface area contributed by atoms with Crippen LogP contribution in [-0.4, -0.2) is 71.3 Å². The van der Waals surface area contributed by atoms with Crippen LogP contribution in [0.25, 0.3) is 10.9 Å². The summed E-state index contributed by atoms with van der Waals surface area (Å²) >= 11 is 0. The Kier molecular flexibility index (Phi) is 7.56. The van der Waals surface area contributed by atoms with E-state index in [0.717, 1.165) is 19.3 Å². The maximum absolute atomic E-state index is 13.2. The highest BCUT2D eigenvalue weighted by Gasteiger charge is 2.32. The van der Waals surface area contributed by atoms with Gasteiger partial charge in [0.2, 0.25) is 15.9 Å². The van der Waals surface area contributed by atoms with Crippen molar-refractivity contribution in [2.75, 3.05) is 26.2 Å². The summed E-state index contributed by atoms with van der Waals surface area (Å²) in [4.78, 5) is 43.3. The molecule has 10 nitrogen and oxygen atoms in total. The Morgan fingerprint density at radius 3 is 2.69 bits per heavy atom. The van der Waals surface area contributed by atoms with Gasteiger partial charge in [0.1, 0.15) is 6.54 Å². The van der Waals surface area contributed by atoms with E-state index in [0.29, 0.717) is 36.8 Å². The molecule has 0 saturated carbocycles. The van der Waals surface area contributed by atoms with Crippen molar-refractivity contribution >= 4 is 32.8 Å². The maximum atomic E-state index is 13.2. The smallest absolute Gasteiger partial charge is 0.348 e. The molecule has 3 heterocycles. The molecule has 2 fully saturated rings. The highest BCUT2D eigenvalue weighted by atomic mass is 32.2. The number of fused-ring (bicyclic) bond motifs is 1. The third kappa shape index (κ3) is 5.25. The van der Waals surface area contributed by atoms with Crippen molar-refractivity contribution in [3.63, 3.8) is 0 Å². The van der Waals surface area contributed by atoms with Gasteiger partial charge in [0.15, 0.2) is 0 Å². The molecule has 4 rings (SSSR count). The lowest BCUT2D eigenvalue weighted by Gasteiger charge is -2.32. The molecule has 0 spiro atoms. The molecule has 190 valence electrons. The fourth-order valence-corrected chi connectivity index (χ4v) is 6.68. The van der Waals surface area contributed by atoms with Gasteiger partial charge in [-0.15, -0.1) is 0 Å². The van der Waals surface area contributed by atoms with Gasteiger partial charge >= 0.3 is 11.7 Å². The zero-order valence-corrected chi connectivity index (χ0v) is 21.0. The lowest BCUT2D eigenvalue weighted by Crippen LogP contribution is -2.45. The van der Waals surface area contributed by atoms with E-state index in [9.17, 15) is 22.8 Å². The molecule has 2 aliphatic heterocycles. The van der Waals surface area contributed by atoms with Crippen LogP contribution < -0.4 is 5.69 Å². The van der Waals surface area contributed by atoms with Gasteiger partial charge in [-0.25, -0.2) is 18.2 Å². The first-order chi connectivity index (χ1) is 16.7. The van der Waals surface area contributed by atoms with Gasteiger partial charge in [0, 0.05) is 37.3 Å². The average molecular weight is 505 g/mol.